The number of benzene rings is 2. The fourth-order valence-corrected chi connectivity index (χ4v) is 2.88. The summed E-state index contributed by atoms with van der Waals surface area (Å²) < 4.78 is 0.929. The van der Waals surface area contributed by atoms with Crippen LogP contribution >= 0.6 is 15.9 Å². The molecule has 0 aliphatic rings. The molecule has 0 saturated heterocycles. The Balaban J connectivity index is 2.16. The number of amides is 2. The van der Waals surface area contributed by atoms with E-state index in [1.165, 1.54) is 11.8 Å². The first-order valence-corrected chi connectivity index (χ1v) is 8.48. The quantitative estimate of drug-likeness (QED) is 0.845. The molecule has 0 aromatic heterocycles. The van der Waals surface area contributed by atoms with Crippen LogP contribution in [-0.4, -0.2) is 18.4 Å². The molecule has 0 aliphatic carbocycles. The van der Waals surface area contributed by atoms with E-state index in [1.807, 2.05) is 57.2 Å². The van der Waals surface area contributed by atoms with Gasteiger partial charge >= 0.3 is 0 Å². The van der Waals surface area contributed by atoms with Gasteiger partial charge in [-0.25, -0.2) is 0 Å². The first kappa shape index (κ1) is 18.2. The van der Waals surface area contributed by atoms with Crippen molar-refractivity contribution >= 4 is 39.1 Å². The van der Waals surface area contributed by atoms with Crippen molar-refractivity contribution < 1.29 is 9.59 Å². The van der Waals surface area contributed by atoms with E-state index < -0.39 is 0 Å². The summed E-state index contributed by atoms with van der Waals surface area (Å²) in [6.45, 7) is 7.36. The number of hydrogen-bond acceptors (Lipinski definition) is 2. The molecule has 0 fully saturated rings. The zero-order valence-electron chi connectivity index (χ0n) is 14.3. The lowest BCUT2D eigenvalue weighted by atomic mass is 10.1. The van der Waals surface area contributed by atoms with Crippen LogP contribution in [0.25, 0.3) is 0 Å². The fraction of sp³-hybridized carbons (Fsp3) is 0.263. The van der Waals surface area contributed by atoms with Gasteiger partial charge in [0.2, 0.25) is 11.8 Å². The average Bonchev–Trinajstić information content (AvgIpc) is 2.47. The number of aryl methyl sites for hydroxylation is 3. The predicted octanol–water partition coefficient (Wildman–Crippen LogP) is 4.37. The number of nitrogens with one attached hydrogen (secondary N) is 1. The molecule has 0 heterocycles. The van der Waals surface area contributed by atoms with Crippen molar-refractivity contribution in [2.24, 2.45) is 0 Å². The van der Waals surface area contributed by atoms with Gasteiger partial charge in [0.15, 0.2) is 0 Å². The van der Waals surface area contributed by atoms with Crippen LogP contribution in [-0.2, 0) is 9.59 Å². The molecule has 0 radical (unpaired) electrons. The molecule has 0 aliphatic heterocycles. The minimum absolute atomic E-state index is 0.0241. The maximum atomic E-state index is 12.3. The smallest absolute Gasteiger partial charge is 0.244 e. The maximum Gasteiger partial charge on any atom is 0.244 e. The second-order valence-electron chi connectivity index (χ2n) is 5.96. The van der Waals surface area contributed by atoms with E-state index in [9.17, 15) is 9.59 Å². The monoisotopic (exact) mass is 388 g/mol. The molecule has 5 heteroatoms. The van der Waals surface area contributed by atoms with Crippen molar-refractivity contribution in [3.63, 3.8) is 0 Å². The number of carbonyl (C=O) groups is 2. The summed E-state index contributed by atoms with van der Waals surface area (Å²) in [5.74, 6) is -0.402. The Kier molecular flexibility index (Phi) is 5.78. The summed E-state index contributed by atoms with van der Waals surface area (Å²) in [7, 11) is 0. The van der Waals surface area contributed by atoms with E-state index in [0.29, 0.717) is 5.69 Å². The number of rotatable bonds is 4. The molecule has 4 nitrogen and oxygen atoms in total. The Labute approximate surface area is 151 Å². The molecule has 2 amide bonds. The van der Waals surface area contributed by atoms with E-state index in [2.05, 4.69) is 21.2 Å². The van der Waals surface area contributed by atoms with Crippen molar-refractivity contribution in [1.82, 2.24) is 0 Å². The second kappa shape index (κ2) is 7.62. The summed E-state index contributed by atoms with van der Waals surface area (Å²) in [6.07, 6.45) is 0. The summed E-state index contributed by atoms with van der Waals surface area (Å²) in [5.41, 5.74) is 4.63. The maximum absolute atomic E-state index is 12.3. The van der Waals surface area contributed by atoms with Crippen molar-refractivity contribution in [1.29, 1.82) is 0 Å². The molecule has 0 atom stereocenters. The molecule has 1 N–H and O–H groups in total. The molecule has 0 spiro atoms. The topological polar surface area (TPSA) is 49.4 Å². The van der Waals surface area contributed by atoms with Crippen LogP contribution in [0.15, 0.2) is 40.9 Å². The molecular weight excluding hydrogens is 368 g/mol. The highest BCUT2D eigenvalue weighted by Crippen LogP contribution is 2.22. The highest BCUT2D eigenvalue weighted by Gasteiger charge is 2.16. The van der Waals surface area contributed by atoms with Gasteiger partial charge in [-0.2, -0.15) is 0 Å². The van der Waals surface area contributed by atoms with E-state index >= 15 is 0 Å². The van der Waals surface area contributed by atoms with Crippen molar-refractivity contribution in [3.8, 4) is 0 Å². The molecular formula is C19H21BrN2O2. The number of hydrogen-bond donors (Lipinski definition) is 1. The van der Waals surface area contributed by atoms with Crippen LogP contribution in [0.5, 0.6) is 0 Å². The van der Waals surface area contributed by atoms with Gasteiger partial charge in [-0.3, -0.25) is 9.59 Å². The molecule has 0 saturated carbocycles. The average molecular weight is 389 g/mol. The van der Waals surface area contributed by atoms with Gasteiger partial charge in [0.25, 0.3) is 0 Å². The van der Waals surface area contributed by atoms with Crippen LogP contribution in [0.4, 0.5) is 11.4 Å². The van der Waals surface area contributed by atoms with Crippen LogP contribution in [0.2, 0.25) is 0 Å². The van der Waals surface area contributed by atoms with Gasteiger partial charge in [0.05, 0.1) is 0 Å². The Hall–Kier alpha value is -2.14. The van der Waals surface area contributed by atoms with Gasteiger partial charge < -0.3 is 10.2 Å². The Morgan fingerprint density at radius 2 is 1.67 bits per heavy atom. The molecule has 0 bridgehead atoms. The van der Waals surface area contributed by atoms with Gasteiger partial charge in [-0.15, -0.1) is 0 Å². The molecule has 0 unspecified atom stereocenters. The van der Waals surface area contributed by atoms with E-state index in [4.69, 9.17) is 0 Å². The zero-order chi connectivity index (χ0) is 17.9. The molecule has 2 aromatic rings. The predicted molar refractivity (Wildman–Crippen MR) is 101 cm³/mol. The van der Waals surface area contributed by atoms with Gasteiger partial charge in [0.1, 0.15) is 6.54 Å². The SMILES string of the molecule is CC(=O)N(CC(=O)Nc1ccc(C)c(Br)c1)c1cc(C)cc(C)c1. The Morgan fingerprint density at radius 1 is 1.04 bits per heavy atom. The third kappa shape index (κ3) is 4.68. The van der Waals surface area contributed by atoms with Crippen molar-refractivity contribution in [2.45, 2.75) is 27.7 Å². The highest BCUT2D eigenvalue weighted by atomic mass is 79.9. The fourth-order valence-electron chi connectivity index (χ4n) is 2.51. The summed E-state index contributed by atoms with van der Waals surface area (Å²) in [5, 5.41) is 2.83. The lowest BCUT2D eigenvalue weighted by Crippen LogP contribution is -2.36. The largest absolute Gasteiger partial charge is 0.324 e. The van der Waals surface area contributed by atoms with Crippen LogP contribution < -0.4 is 10.2 Å². The Morgan fingerprint density at radius 3 is 2.21 bits per heavy atom. The number of anilines is 2. The minimum atomic E-state index is -0.236. The third-order valence-electron chi connectivity index (χ3n) is 3.66. The molecule has 126 valence electrons. The minimum Gasteiger partial charge on any atom is -0.324 e. The highest BCUT2D eigenvalue weighted by molar-refractivity contribution is 9.10. The normalized spacial score (nSPS) is 10.4. The van der Waals surface area contributed by atoms with Gasteiger partial charge in [-0.1, -0.05) is 28.1 Å². The zero-order valence-corrected chi connectivity index (χ0v) is 15.9. The van der Waals surface area contributed by atoms with E-state index in [-0.39, 0.29) is 18.4 Å². The molecule has 24 heavy (non-hydrogen) atoms. The van der Waals surface area contributed by atoms with Gasteiger partial charge in [-0.05, 0) is 61.7 Å². The first-order valence-electron chi connectivity index (χ1n) is 7.68. The third-order valence-corrected chi connectivity index (χ3v) is 4.51. The van der Waals surface area contributed by atoms with Crippen LogP contribution in [0, 0.1) is 20.8 Å². The van der Waals surface area contributed by atoms with Gasteiger partial charge in [0, 0.05) is 22.8 Å². The molecule has 2 rings (SSSR count). The second-order valence-corrected chi connectivity index (χ2v) is 6.82. The van der Waals surface area contributed by atoms with Crippen LogP contribution in [0.3, 0.4) is 0 Å². The Bertz CT molecular complexity index is 767. The lowest BCUT2D eigenvalue weighted by Gasteiger charge is -2.22. The van der Waals surface area contributed by atoms with Crippen molar-refractivity contribution in [3.05, 3.63) is 57.6 Å². The van der Waals surface area contributed by atoms with E-state index in [1.54, 1.807) is 0 Å². The lowest BCUT2D eigenvalue weighted by molar-refractivity contribution is -0.120. The number of nitrogens with zero attached hydrogens (tertiary/aromatic N) is 1. The summed E-state index contributed by atoms with van der Waals surface area (Å²) in [4.78, 5) is 25.8. The summed E-state index contributed by atoms with van der Waals surface area (Å²) >= 11 is 3.45. The van der Waals surface area contributed by atoms with Crippen LogP contribution in [0.1, 0.15) is 23.6 Å². The number of carbonyl (C=O) groups excluding carboxylic acids is 2. The summed E-state index contributed by atoms with van der Waals surface area (Å²) in [6, 6.07) is 11.5. The first-order chi connectivity index (χ1) is 11.3. The van der Waals surface area contributed by atoms with Crippen molar-refractivity contribution in [2.75, 3.05) is 16.8 Å². The standard InChI is InChI=1S/C19H21BrN2O2/c1-12-7-13(2)9-17(8-12)22(15(4)23)11-19(24)21-16-6-5-14(3)18(20)10-16/h5-10H,11H2,1-4H3,(H,21,24). The van der Waals surface area contributed by atoms with E-state index in [0.717, 1.165) is 26.9 Å². The number of halogens is 1. The molecule has 2 aromatic carbocycles.